The standard InChI is InChI=1S/C83H142N10O26/c1-80(2,3)85-76(108)58(34-22-43-67(99)112-13)90(53-29-47-71(103)116-17)62(94)38-21-33-57(75(107)84-51-27-41-65(97)92(55-31-49-73(105)118-19)60(36-24-45-69(101)114-15)78(110)87-82(7,8)9)89(52-28-42-66(98)93(56-32-50-74(106)119-20)61(37-25-46-70(102)115-16)79(111)88-83(10,11)12)63(95)39-26-40-64(96)91(54-30-48-72(104)117-18)59(35-23-44-68(100)113-14)77(109)86-81(4,5)6/h57-61H,21-56H2,1-20H3,(H,84,107)(H,85,108)(H,86,109)(H,87,110)(H,88,111). The predicted octanol–water partition coefficient (Wildman–Crippen LogP) is 5.83. The van der Waals surface area contributed by atoms with Gasteiger partial charge in [-0.3, -0.25) is 86.3 Å². The zero-order valence-corrected chi connectivity index (χ0v) is 74.7. The van der Waals surface area contributed by atoms with Gasteiger partial charge in [0.15, 0.2) is 0 Å². The lowest BCUT2D eigenvalue weighted by atomic mass is 10.0. The lowest BCUT2D eigenvalue weighted by Crippen LogP contribution is -2.54. The second-order valence-corrected chi connectivity index (χ2v) is 33.3. The van der Waals surface area contributed by atoms with Crippen molar-refractivity contribution in [1.82, 2.24) is 51.1 Å². The summed E-state index contributed by atoms with van der Waals surface area (Å²) in [5, 5.41) is 14.5. The summed E-state index contributed by atoms with van der Waals surface area (Å²) in [5.74, 6) is -11.1. The average Bonchev–Trinajstić information content (AvgIpc) is 0.888. The SMILES string of the molecule is COC(=O)CCCC(C(=O)NC(C)(C)C)N(CCCC(=O)OC)C(=O)CCCNC(=O)C(CCCC(=O)N(CCCC(=O)OC)C(CCCC(=O)OC)C(=O)NC(C)(C)C)N(CCCC(=O)N(CCCC(=O)OC)C(CCCC(=O)OC)C(=O)NC(C)(C)C)C(=O)CCCC(=O)N(CCCC(=O)OC)C(CCCC(=O)OC)C(=O)NC(C)(C)C. The van der Waals surface area contributed by atoms with E-state index >= 15 is 19.2 Å². The molecule has 0 saturated carbocycles. The Morgan fingerprint density at radius 1 is 0.218 bits per heavy atom. The molecule has 0 bridgehead atoms. The number of amides is 10. The second-order valence-electron chi connectivity index (χ2n) is 33.3. The van der Waals surface area contributed by atoms with Crippen LogP contribution in [0.25, 0.3) is 0 Å². The van der Waals surface area contributed by atoms with Crippen molar-refractivity contribution in [2.75, 3.05) is 96.1 Å². The van der Waals surface area contributed by atoms with Gasteiger partial charge in [-0.15, -0.1) is 0 Å². The first-order valence-corrected chi connectivity index (χ1v) is 41.2. The fourth-order valence-corrected chi connectivity index (χ4v) is 12.9. The number of carbonyl (C=O) groups is 18. The highest BCUT2D eigenvalue weighted by Crippen LogP contribution is 2.25. The largest absolute Gasteiger partial charge is 0.469 e. The van der Waals surface area contributed by atoms with Crippen molar-refractivity contribution in [2.24, 2.45) is 0 Å². The molecule has 36 heteroatoms. The number of esters is 8. The molecule has 0 aromatic heterocycles. The smallest absolute Gasteiger partial charge is 0.305 e. The van der Waals surface area contributed by atoms with Crippen LogP contribution in [-0.2, 0) is 124 Å². The maximum absolute atomic E-state index is 15.7. The molecule has 119 heavy (non-hydrogen) atoms. The number of hydrogen-bond donors (Lipinski definition) is 5. The number of ether oxygens (including phenoxy) is 8. The van der Waals surface area contributed by atoms with E-state index in [1.54, 1.807) is 83.1 Å². The molecule has 0 radical (unpaired) electrons. The Labute approximate surface area is 703 Å². The Morgan fingerprint density at radius 3 is 0.580 bits per heavy atom. The molecule has 5 atom stereocenters. The fourth-order valence-electron chi connectivity index (χ4n) is 12.9. The number of carbonyl (C=O) groups excluding carboxylic acids is 18. The molecule has 0 saturated heterocycles. The molecule has 0 spiro atoms. The lowest BCUT2D eigenvalue weighted by molar-refractivity contribution is -0.145. The first-order valence-electron chi connectivity index (χ1n) is 41.2. The van der Waals surface area contributed by atoms with Gasteiger partial charge in [-0.05, 0) is 192 Å². The van der Waals surface area contributed by atoms with Crippen LogP contribution >= 0.6 is 0 Å². The normalized spacial score (nSPS) is 12.7. The molecule has 0 fully saturated rings. The van der Waals surface area contributed by atoms with E-state index in [4.69, 9.17) is 37.9 Å². The van der Waals surface area contributed by atoms with Gasteiger partial charge >= 0.3 is 47.8 Å². The molecule has 0 aliphatic heterocycles. The fraction of sp³-hybridized carbons (Fsp3) is 0.783. The zero-order valence-electron chi connectivity index (χ0n) is 74.7. The van der Waals surface area contributed by atoms with Crippen LogP contribution in [0.4, 0.5) is 0 Å². The van der Waals surface area contributed by atoms with Gasteiger partial charge in [0, 0.05) is 145 Å². The summed E-state index contributed by atoms with van der Waals surface area (Å²) in [4.78, 5) is 254. The molecule has 0 aliphatic carbocycles. The molecular formula is C83H142N10O26. The van der Waals surface area contributed by atoms with Gasteiger partial charge in [0.2, 0.25) is 59.1 Å². The van der Waals surface area contributed by atoms with Crippen LogP contribution in [-0.4, -0.2) is 280 Å². The average molecular weight is 1700 g/mol. The van der Waals surface area contributed by atoms with E-state index in [-0.39, 0.29) is 200 Å². The van der Waals surface area contributed by atoms with Crippen molar-refractivity contribution in [2.45, 2.75) is 328 Å². The van der Waals surface area contributed by atoms with E-state index in [1.165, 1.54) is 81.4 Å². The first kappa shape index (κ1) is 109. The third-order valence-electron chi connectivity index (χ3n) is 18.7. The Balaban J connectivity index is 8.98. The van der Waals surface area contributed by atoms with Crippen LogP contribution in [0.1, 0.15) is 276 Å². The Bertz CT molecular complexity index is 3280. The maximum atomic E-state index is 15.7. The molecule has 0 aromatic carbocycles. The van der Waals surface area contributed by atoms with Crippen molar-refractivity contribution < 1.29 is 124 Å². The van der Waals surface area contributed by atoms with Gasteiger partial charge < -0.3 is 89.0 Å². The van der Waals surface area contributed by atoms with E-state index in [0.717, 1.165) is 0 Å². The van der Waals surface area contributed by atoms with E-state index in [2.05, 4.69) is 26.6 Å². The zero-order chi connectivity index (χ0) is 90.8. The van der Waals surface area contributed by atoms with Gasteiger partial charge in [-0.1, -0.05) is 0 Å². The van der Waals surface area contributed by atoms with Crippen LogP contribution in [0.3, 0.4) is 0 Å². The lowest BCUT2D eigenvalue weighted by Gasteiger charge is -2.35. The molecule has 5 unspecified atom stereocenters. The third-order valence-corrected chi connectivity index (χ3v) is 18.7. The third kappa shape index (κ3) is 48.3. The van der Waals surface area contributed by atoms with Gasteiger partial charge in [-0.2, -0.15) is 0 Å². The van der Waals surface area contributed by atoms with E-state index < -0.39 is 191 Å². The summed E-state index contributed by atoms with van der Waals surface area (Å²) < 4.78 is 39.0. The number of nitrogens with one attached hydrogen (secondary N) is 5. The Hall–Kier alpha value is -9.54. The van der Waals surface area contributed by atoms with E-state index in [9.17, 15) is 67.1 Å². The summed E-state index contributed by atoms with van der Waals surface area (Å²) >= 11 is 0. The minimum absolute atomic E-state index is 0.00255. The highest BCUT2D eigenvalue weighted by atomic mass is 16.5. The molecule has 36 nitrogen and oxygen atoms in total. The first-order chi connectivity index (χ1) is 55.7. The predicted molar refractivity (Wildman–Crippen MR) is 437 cm³/mol. The Kier molecular flexibility index (Phi) is 53.0. The summed E-state index contributed by atoms with van der Waals surface area (Å²) in [5.41, 5.74) is -3.26. The van der Waals surface area contributed by atoms with Gasteiger partial charge in [0.25, 0.3) is 0 Å². The topological polar surface area (TPSA) is 457 Å². The summed E-state index contributed by atoms with van der Waals surface area (Å²) in [6.45, 7) is 19.5. The minimum atomic E-state index is -1.57. The van der Waals surface area contributed by atoms with Crippen LogP contribution in [0.5, 0.6) is 0 Å². The number of hydrogen-bond acceptors (Lipinski definition) is 26. The summed E-state index contributed by atoms with van der Waals surface area (Å²) in [6, 6.07) is -6.40. The monoisotopic (exact) mass is 1700 g/mol. The molecule has 0 aliphatic rings. The molecule has 0 heterocycles. The molecule has 10 amide bonds. The molecular weight excluding hydrogens is 1550 g/mol. The van der Waals surface area contributed by atoms with Crippen LogP contribution in [0, 0.1) is 0 Å². The maximum Gasteiger partial charge on any atom is 0.305 e. The molecule has 0 rings (SSSR count). The number of rotatable bonds is 58. The summed E-state index contributed by atoms with van der Waals surface area (Å²) in [6.07, 6.45) is -3.99. The van der Waals surface area contributed by atoms with E-state index in [1.807, 2.05) is 0 Å². The Morgan fingerprint density at radius 2 is 0.378 bits per heavy atom. The highest BCUT2D eigenvalue weighted by Gasteiger charge is 2.39. The van der Waals surface area contributed by atoms with Gasteiger partial charge in [-0.25, -0.2) is 0 Å². The second kappa shape index (κ2) is 57.6. The van der Waals surface area contributed by atoms with E-state index in [0.29, 0.717) is 0 Å². The van der Waals surface area contributed by atoms with Crippen molar-refractivity contribution in [3.63, 3.8) is 0 Å². The van der Waals surface area contributed by atoms with Crippen LogP contribution < -0.4 is 26.6 Å². The van der Waals surface area contributed by atoms with Crippen molar-refractivity contribution >= 4 is 107 Å². The quantitative estimate of drug-likeness (QED) is 0.0271. The van der Waals surface area contributed by atoms with Crippen LogP contribution in [0.2, 0.25) is 0 Å². The molecule has 0 aromatic rings. The van der Waals surface area contributed by atoms with Crippen molar-refractivity contribution in [3.8, 4) is 0 Å². The van der Waals surface area contributed by atoms with Crippen molar-refractivity contribution in [3.05, 3.63) is 0 Å². The minimum Gasteiger partial charge on any atom is -0.469 e. The highest BCUT2D eigenvalue weighted by molar-refractivity contribution is 5.92. The number of nitrogens with zero attached hydrogens (tertiary/aromatic N) is 5. The molecule has 680 valence electrons. The van der Waals surface area contributed by atoms with Crippen molar-refractivity contribution in [1.29, 1.82) is 0 Å². The van der Waals surface area contributed by atoms with Crippen LogP contribution in [0.15, 0.2) is 0 Å². The van der Waals surface area contributed by atoms with Gasteiger partial charge in [0.05, 0.1) is 56.9 Å². The summed E-state index contributed by atoms with van der Waals surface area (Å²) in [7, 11) is 9.58. The number of methoxy groups -OCH3 is 8. The van der Waals surface area contributed by atoms with Gasteiger partial charge in [0.1, 0.15) is 30.2 Å². The molecule has 5 N–H and O–H groups in total.